The number of rotatable bonds is 5. The fraction of sp³-hybridized carbons (Fsp3) is 0.444. The minimum absolute atomic E-state index is 0.0247. The number of amides is 1. The summed E-state index contributed by atoms with van der Waals surface area (Å²) >= 11 is 0. The molecule has 9 heteroatoms. The number of likely N-dealkylation sites (tertiary alicyclic amines) is 1. The summed E-state index contributed by atoms with van der Waals surface area (Å²) in [4.78, 5) is 13.9. The Morgan fingerprint density at radius 3 is 2.59 bits per heavy atom. The van der Waals surface area contributed by atoms with Crippen LogP contribution in [-0.4, -0.2) is 39.7 Å². The number of carbonyl (C=O) groups is 1. The lowest BCUT2D eigenvalue weighted by atomic mass is 9.86. The topological polar surface area (TPSA) is 64.2 Å². The molecule has 1 fully saturated rings. The van der Waals surface area contributed by atoms with Gasteiger partial charge in [-0.1, -0.05) is 0 Å². The van der Waals surface area contributed by atoms with E-state index < -0.39 is 24.1 Å². The Kier molecular flexibility index (Phi) is 5.79. The van der Waals surface area contributed by atoms with Gasteiger partial charge in [0, 0.05) is 25.3 Å². The van der Waals surface area contributed by atoms with Crippen LogP contribution in [0.15, 0.2) is 30.5 Å². The standard InChI is InChI=1S/C18H20F4N4O/c19-13-1-2-14(20)12(9-13)10-15(23)11-4-7-25(8-5-11)17(27)16-3-6-24-26(16)18(21)22/h1-3,6,9,11,15,18H,4-5,7-8,10,23H2/t15-/m0/s1. The fourth-order valence-corrected chi connectivity index (χ4v) is 3.45. The van der Waals surface area contributed by atoms with Gasteiger partial charge in [0.15, 0.2) is 0 Å². The van der Waals surface area contributed by atoms with Crippen LogP contribution in [0.4, 0.5) is 17.6 Å². The Bertz CT molecular complexity index is 802. The summed E-state index contributed by atoms with van der Waals surface area (Å²) in [6.07, 6.45) is 2.48. The first-order chi connectivity index (χ1) is 12.9. The number of halogens is 4. The zero-order valence-electron chi connectivity index (χ0n) is 14.5. The predicted molar refractivity (Wildman–Crippen MR) is 90.1 cm³/mol. The van der Waals surface area contributed by atoms with Gasteiger partial charge < -0.3 is 10.6 Å². The lowest BCUT2D eigenvalue weighted by Crippen LogP contribution is -2.44. The molecule has 1 aliphatic rings. The molecular weight excluding hydrogens is 364 g/mol. The van der Waals surface area contributed by atoms with E-state index in [1.165, 1.54) is 11.0 Å². The van der Waals surface area contributed by atoms with Gasteiger partial charge >= 0.3 is 6.55 Å². The van der Waals surface area contributed by atoms with Crippen LogP contribution in [0.2, 0.25) is 0 Å². The molecule has 0 saturated carbocycles. The van der Waals surface area contributed by atoms with Crippen molar-refractivity contribution in [1.82, 2.24) is 14.7 Å². The highest BCUT2D eigenvalue weighted by molar-refractivity contribution is 5.92. The molecule has 0 aliphatic carbocycles. The van der Waals surface area contributed by atoms with Gasteiger partial charge in [-0.15, -0.1) is 0 Å². The number of piperidine rings is 1. The summed E-state index contributed by atoms with van der Waals surface area (Å²) in [5.41, 5.74) is 6.24. The van der Waals surface area contributed by atoms with Gasteiger partial charge in [0.25, 0.3) is 5.91 Å². The minimum atomic E-state index is -2.88. The quantitative estimate of drug-likeness (QED) is 0.806. The fourth-order valence-electron chi connectivity index (χ4n) is 3.45. The molecule has 27 heavy (non-hydrogen) atoms. The van der Waals surface area contributed by atoms with Crippen LogP contribution in [0.5, 0.6) is 0 Å². The van der Waals surface area contributed by atoms with Crippen LogP contribution < -0.4 is 5.73 Å². The average Bonchev–Trinajstić information content (AvgIpc) is 3.14. The number of alkyl halides is 2. The van der Waals surface area contributed by atoms with Gasteiger partial charge in [-0.2, -0.15) is 18.6 Å². The zero-order valence-corrected chi connectivity index (χ0v) is 14.5. The van der Waals surface area contributed by atoms with Crippen molar-refractivity contribution in [2.75, 3.05) is 13.1 Å². The van der Waals surface area contributed by atoms with E-state index in [0.29, 0.717) is 30.6 Å². The molecule has 2 aromatic rings. The molecule has 0 bridgehead atoms. The van der Waals surface area contributed by atoms with Crippen LogP contribution in [0.3, 0.4) is 0 Å². The van der Waals surface area contributed by atoms with E-state index in [2.05, 4.69) is 5.10 Å². The molecule has 2 heterocycles. The van der Waals surface area contributed by atoms with Crippen molar-refractivity contribution in [1.29, 1.82) is 0 Å². The first kappa shape index (κ1) is 19.3. The summed E-state index contributed by atoms with van der Waals surface area (Å²) in [6, 6.07) is 4.15. The SMILES string of the molecule is N[C@@H](Cc1cc(F)ccc1F)C1CCN(C(=O)c2ccnn2C(F)F)CC1. The van der Waals surface area contributed by atoms with Gasteiger partial charge in [-0.3, -0.25) is 4.79 Å². The summed E-state index contributed by atoms with van der Waals surface area (Å²) < 4.78 is 53.2. The lowest BCUT2D eigenvalue weighted by Gasteiger charge is -2.35. The maximum Gasteiger partial charge on any atom is 0.333 e. The largest absolute Gasteiger partial charge is 0.337 e. The number of carbonyl (C=O) groups excluding carboxylic acids is 1. The summed E-state index contributed by atoms with van der Waals surface area (Å²) in [5, 5.41) is 3.47. The van der Waals surface area contributed by atoms with Crippen LogP contribution in [0, 0.1) is 17.6 Å². The molecule has 5 nitrogen and oxygen atoms in total. The Hall–Kier alpha value is -2.42. The number of hydrogen-bond donors (Lipinski definition) is 1. The molecule has 1 aromatic heterocycles. The van der Waals surface area contributed by atoms with E-state index in [-0.39, 0.29) is 29.6 Å². The molecule has 146 valence electrons. The maximum absolute atomic E-state index is 13.8. The van der Waals surface area contributed by atoms with Crippen molar-refractivity contribution in [2.24, 2.45) is 11.7 Å². The second-order valence-corrected chi connectivity index (χ2v) is 6.67. The first-order valence-electron chi connectivity index (χ1n) is 8.67. The normalized spacial score (nSPS) is 16.7. The van der Waals surface area contributed by atoms with Crippen LogP contribution in [0.1, 0.15) is 35.4 Å². The third kappa shape index (κ3) is 4.29. The molecule has 2 N–H and O–H groups in total. The number of aromatic nitrogens is 2. The Morgan fingerprint density at radius 1 is 1.22 bits per heavy atom. The van der Waals surface area contributed by atoms with E-state index >= 15 is 0 Å². The molecule has 1 amide bonds. The Labute approximate surface area is 153 Å². The molecule has 3 rings (SSSR count). The zero-order chi connectivity index (χ0) is 19.6. The molecule has 0 unspecified atom stereocenters. The van der Waals surface area contributed by atoms with Crippen molar-refractivity contribution >= 4 is 5.91 Å². The van der Waals surface area contributed by atoms with E-state index in [1.807, 2.05) is 0 Å². The predicted octanol–water partition coefficient (Wildman–Crippen LogP) is 2.98. The van der Waals surface area contributed by atoms with Crippen molar-refractivity contribution in [2.45, 2.75) is 31.9 Å². The Balaban J connectivity index is 1.59. The Morgan fingerprint density at radius 2 is 1.93 bits per heavy atom. The van der Waals surface area contributed by atoms with Gasteiger partial charge in [-0.25, -0.2) is 8.78 Å². The molecule has 1 aliphatic heterocycles. The molecule has 0 radical (unpaired) electrons. The van der Waals surface area contributed by atoms with Gasteiger partial charge in [-0.05, 0) is 55.0 Å². The van der Waals surface area contributed by atoms with Gasteiger partial charge in [0.2, 0.25) is 0 Å². The van der Waals surface area contributed by atoms with Crippen molar-refractivity contribution < 1.29 is 22.4 Å². The molecule has 1 atom stereocenters. The maximum atomic E-state index is 13.8. The van der Waals surface area contributed by atoms with E-state index in [4.69, 9.17) is 5.73 Å². The number of nitrogens with two attached hydrogens (primary N) is 1. The van der Waals surface area contributed by atoms with Crippen molar-refractivity contribution in [3.05, 3.63) is 53.4 Å². The lowest BCUT2D eigenvalue weighted by molar-refractivity contribution is 0.0440. The molecule has 1 saturated heterocycles. The smallest absolute Gasteiger partial charge is 0.333 e. The van der Waals surface area contributed by atoms with Crippen LogP contribution >= 0.6 is 0 Å². The average molecular weight is 384 g/mol. The van der Waals surface area contributed by atoms with Crippen LogP contribution in [0.25, 0.3) is 0 Å². The third-order valence-electron chi connectivity index (χ3n) is 4.97. The summed E-state index contributed by atoms with van der Waals surface area (Å²) in [5.74, 6) is -1.50. The minimum Gasteiger partial charge on any atom is -0.337 e. The van der Waals surface area contributed by atoms with Crippen molar-refractivity contribution in [3.8, 4) is 0 Å². The number of benzene rings is 1. The monoisotopic (exact) mass is 384 g/mol. The van der Waals surface area contributed by atoms with Crippen molar-refractivity contribution in [3.63, 3.8) is 0 Å². The number of hydrogen-bond acceptors (Lipinski definition) is 3. The van der Waals surface area contributed by atoms with E-state index in [9.17, 15) is 22.4 Å². The van der Waals surface area contributed by atoms with E-state index in [0.717, 1.165) is 24.4 Å². The van der Waals surface area contributed by atoms with Gasteiger partial charge in [0.1, 0.15) is 17.3 Å². The highest BCUT2D eigenvalue weighted by Gasteiger charge is 2.30. The first-order valence-corrected chi connectivity index (χ1v) is 8.67. The summed E-state index contributed by atoms with van der Waals surface area (Å²) in [7, 11) is 0. The third-order valence-corrected chi connectivity index (χ3v) is 4.97. The highest BCUT2D eigenvalue weighted by Crippen LogP contribution is 2.24. The second kappa shape index (κ2) is 8.08. The summed E-state index contributed by atoms with van der Waals surface area (Å²) in [6.45, 7) is -2.17. The molecule has 0 spiro atoms. The van der Waals surface area contributed by atoms with Crippen LogP contribution in [-0.2, 0) is 6.42 Å². The molecular formula is C18H20F4N4O. The van der Waals surface area contributed by atoms with Gasteiger partial charge in [0.05, 0.1) is 0 Å². The number of nitrogens with zero attached hydrogens (tertiary/aromatic N) is 3. The molecule has 1 aromatic carbocycles. The van der Waals surface area contributed by atoms with E-state index in [1.54, 1.807) is 0 Å². The highest BCUT2D eigenvalue weighted by atomic mass is 19.3. The second-order valence-electron chi connectivity index (χ2n) is 6.67.